The number of halogens is 3. The van der Waals surface area contributed by atoms with Gasteiger partial charge in [0.15, 0.2) is 17.5 Å². The van der Waals surface area contributed by atoms with Gasteiger partial charge in [-0.2, -0.15) is 5.10 Å². The Morgan fingerprint density at radius 1 is 1.17 bits per heavy atom. The van der Waals surface area contributed by atoms with Crippen LogP contribution in [0.25, 0.3) is 0 Å². The van der Waals surface area contributed by atoms with Crippen molar-refractivity contribution >= 4 is 34.9 Å². The van der Waals surface area contributed by atoms with Gasteiger partial charge >= 0.3 is 11.8 Å². The summed E-state index contributed by atoms with van der Waals surface area (Å²) in [6.07, 6.45) is 1.83. The molecule has 23 heavy (non-hydrogen) atoms. The number of rotatable bonds is 2. The van der Waals surface area contributed by atoms with Gasteiger partial charge in [-0.25, -0.2) is 8.78 Å². The van der Waals surface area contributed by atoms with E-state index in [0.29, 0.717) is 0 Å². The SMILES string of the molecule is O=C(Nc1cc2n(n1)CCC2)C(=O)Nc1cc(Cl)cc(F)c1F. The Bertz CT molecular complexity index is 785. The molecule has 6 nitrogen and oxygen atoms in total. The van der Waals surface area contributed by atoms with Crippen LogP contribution in [0.2, 0.25) is 5.02 Å². The monoisotopic (exact) mass is 340 g/mol. The van der Waals surface area contributed by atoms with Gasteiger partial charge in [0.1, 0.15) is 0 Å². The van der Waals surface area contributed by atoms with E-state index in [1.165, 1.54) is 0 Å². The van der Waals surface area contributed by atoms with Gasteiger partial charge in [0.25, 0.3) is 0 Å². The minimum absolute atomic E-state index is 0.106. The Balaban J connectivity index is 1.69. The standard InChI is InChI=1S/C14H11ClF2N4O2/c15-7-4-9(16)12(17)10(5-7)18-13(22)14(23)19-11-6-8-2-1-3-21(8)20-11/h4-6H,1-3H2,(H,18,22)(H,19,20,23). The average molecular weight is 341 g/mol. The summed E-state index contributed by atoms with van der Waals surface area (Å²) in [5, 5.41) is 8.29. The molecule has 1 aliphatic rings. The van der Waals surface area contributed by atoms with E-state index >= 15 is 0 Å². The molecule has 0 saturated heterocycles. The molecule has 2 N–H and O–H groups in total. The summed E-state index contributed by atoms with van der Waals surface area (Å²) in [4.78, 5) is 23.6. The first-order chi connectivity index (χ1) is 10.9. The van der Waals surface area contributed by atoms with Crippen LogP contribution in [0.4, 0.5) is 20.3 Å². The largest absolute Gasteiger partial charge is 0.315 e. The molecule has 2 aromatic rings. The Hall–Kier alpha value is -2.48. The van der Waals surface area contributed by atoms with Gasteiger partial charge in [-0.1, -0.05) is 11.6 Å². The lowest BCUT2D eigenvalue weighted by molar-refractivity contribution is -0.133. The number of amides is 2. The van der Waals surface area contributed by atoms with E-state index < -0.39 is 29.1 Å². The molecule has 1 aliphatic heterocycles. The van der Waals surface area contributed by atoms with E-state index in [1.807, 2.05) is 5.32 Å². The van der Waals surface area contributed by atoms with Crippen molar-refractivity contribution in [2.45, 2.75) is 19.4 Å². The molecular formula is C14H11ClF2N4O2. The molecule has 3 rings (SSSR count). The van der Waals surface area contributed by atoms with Crippen molar-refractivity contribution in [1.29, 1.82) is 0 Å². The van der Waals surface area contributed by atoms with Crippen LogP contribution in [0.5, 0.6) is 0 Å². The molecule has 9 heteroatoms. The summed E-state index contributed by atoms with van der Waals surface area (Å²) in [6, 6.07) is 3.44. The number of benzene rings is 1. The zero-order valence-electron chi connectivity index (χ0n) is 11.7. The van der Waals surface area contributed by atoms with E-state index in [4.69, 9.17) is 11.6 Å². The van der Waals surface area contributed by atoms with Gasteiger partial charge in [-0.15, -0.1) is 0 Å². The first-order valence-electron chi connectivity index (χ1n) is 6.77. The predicted molar refractivity (Wildman–Crippen MR) is 79.2 cm³/mol. The maximum atomic E-state index is 13.5. The molecule has 0 atom stereocenters. The number of anilines is 2. The first-order valence-corrected chi connectivity index (χ1v) is 7.15. The molecule has 0 bridgehead atoms. The highest BCUT2D eigenvalue weighted by Gasteiger charge is 2.20. The van der Waals surface area contributed by atoms with Crippen LogP contribution in [0.15, 0.2) is 18.2 Å². The second-order valence-electron chi connectivity index (χ2n) is 5.01. The second-order valence-corrected chi connectivity index (χ2v) is 5.44. The van der Waals surface area contributed by atoms with E-state index in [9.17, 15) is 18.4 Å². The van der Waals surface area contributed by atoms with Gasteiger partial charge in [0.2, 0.25) is 0 Å². The molecule has 1 aromatic heterocycles. The number of nitrogens with zero attached hydrogens (tertiary/aromatic N) is 2. The summed E-state index contributed by atoms with van der Waals surface area (Å²) < 4.78 is 28.5. The van der Waals surface area contributed by atoms with Crippen LogP contribution >= 0.6 is 11.6 Å². The fraction of sp³-hybridized carbons (Fsp3) is 0.214. The van der Waals surface area contributed by atoms with Crippen molar-refractivity contribution in [3.8, 4) is 0 Å². The summed E-state index contributed by atoms with van der Waals surface area (Å²) in [5.41, 5.74) is 0.450. The van der Waals surface area contributed by atoms with Crippen molar-refractivity contribution in [1.82, 2.24) is 9.78 Å². The van der Waals surface area contributed by atoms with Gasteiger partial charge in [0, 0.05) is 23.3 Å². The quantitative estimate of drug-likeness (QED) is 0.651. The van der Waals surface area contributed by atoms with Crippen LogP contribution in [0.1, 0.15) is 12.1 Å². The van der Waals surface area contributed by atoms with Crippen molar-refractivity contribution < 1.29 is 18.4 Å². The van der Waals surface area contributed by atoms with Crippen molar-refractivity contribution in [3.63, 3.8) is 0 Å². The van der Waals surface area contributed by atoms with Crippen molar-refractivity contribution in [3.05, 3.63) is 40.6 Å². The van der Waals surface area contributed by atoms with E-state index in [2.05, 4.69) is 10.4 Å². The highest BCUT2D eigenvalue weighted by molar-refractivity contribution is 6.43. The predicted octanol–water partition coefficient (Wildman–Crippen LogP) is 2.34. The van der Waals surface area contributed by atoms with Gasteiger partial charge in [-0.3, -0.25) is 14.3 Å². The molecule has 1 aromatic carbocycles. The third-order valence-corrected chi connectivity index (χ3v) is 3.57. The zero-order chi connectivity index (χ0) is 16.6. The first kappa shape index (κ1) is 15.4. The molecule has 0 aliphatic carbocycles. The molecule has 0 radical (unpaired) electrons. The van der Waals surface area contributed by atoms with Crippen molar-refractivity contribution in [2.24, 2.45) is 0 Å². The Kier molecular flexibility index (Phi) is 3.99. The van der Waals surface area contributed by atoms with Crippen LogP contribution in [-0.2, 0) is 22.6 Å². The smallest absolute Gasteiger partial charge is 0.315 e. The van der Waals surface area contributed by atoms with Crippen LogP contribution in [-0.4, -0.2) is 21.6 Å². The summed E-state index contributed by atoms with van der Waals surface area (Å²) in [6.45, 7) is 0.754. The third-order valence-electron chi connectivity index (χ3n) is 3.36. The topological polar surface area (TPSA) is 76.0 Å². The third kappa shape index (κ3) is 3.16. The van der Waals surface area contributed by atoms with E-state index in [0.717, 1.165) is 37.2 Å². The van der Waals surface area contributed by atoms with E-state index in [-0.39, 0.29) is 10.8 Å². The lowest BCUT2D eigenvalue weighted by Gasteiger charge is -2.07. The number of hydrogen-bond acceptors (Lipinski definition) is 3. The summed E-state index contributed by atoms with van der Waals surface area (Å²) in [5.74, 6) is -4.48. The van der Waals surface area contributed by atoms with E-state index in [1.54, 1.807) is 10.7 Å². The average Bonchev–Trinajstić information content (AvgIpc) is 3.05. The normalized spacial score (nSPS) is 12.8. The van der Waals surface area contributed by atoms with Crippen LogP contribution < -0.4 is 10.6 Å². The number of nitrogens with one attached hydrogen (secondary N) is 2. The maximum absolute atomic E-state index is 13.5. The minimum atomic E-state index is -1.29. The molecule has 2 heterocycles. The van der Waals surface area contributed by atoms with Crippen molar-refractivity contribution in [2.75, 3.05) is 10.6 Å². The summed E-state index contributed by atoms with van der Waals surface area (Å²) in [7, 11) is 0. The van der Waals surface area contributed by atoms with Crippen LogP contribution in [0.3, 0.4) is 0 Å². The molecular weight excluding hydrogens is 330 g/mol. The van der Waals surface area contributed by atoms with Gasteiger partial charge in [0.05, 0.1) is 5.69 Å². The number of aryl methyl sites for hydroxylation is 2. The minimum Gasteiger partial charge on any atom is -0.315 e. The molecule has 2 amide bonds. The lowest BCUT2D eigenvalue weighted by Crippen LogP contribution is -2.29. The number of aromatic nitrogens is 2. The fourth-order valence-corrected chi connectivity index (χ4v) is 2.53. The number of hydrogen-bond donors (Lipinski definition) is 2. The fourth-order valence-electron chi connectivity index (χ4n) is 2.32. The molecule has 120 valence electrons. The lowest BCUT2D eigenvalue weighted by atomic mass is 10.3. The second kappa shape index (κ2) is 5.96. The zero-order valence-corrected chi connectivity index (χ0v) is 12.5. The Morgan fingerprint density at radius 3 is 2.65 bits per heavy atom. The number of fused-ring (bicyclic) bond motifs is 1. The number of carbonyl (C=O) groups excluding carboxylic acids is 2. The number of carbonyl (C=O) groups is 2. The highest BCUT2D eigenvalue weighted by atomic mass is 35.5. The highest BCUT2D eigenvalue weighted by Crippen LogP contribution is 2.23. The Morgan fingerprint density at radius 2 is 1.91 bits per heavy atom. The molecule has 0 fully saturated rings. The molecule has 0 saturated carbocycles. The summed E-state index contributed by atoms with van der Waals surface area (Å²) >= 11 is 5.59. The van der Waals surface area contributed by atoms with Crippen LogP contribution in [0, 0.1) is 11.6 Å². The van der Waals surface area contributed by atoms with Gasteiger partial charge in [-0.05, 0) is 25.0 Å². The molecule has 0 unspecified atom stereocenters. The maximum Gasteiger partial charge on any atom is 0.315 e. The van der Waals surface area contributed by atoms with Gasteiger partial charge < -0.3 is 10.6 Å². The molecule has 0 spiro atoms. The Labute approximate surface area is 134 Å².